The maximum absolute atomic E-state index is 4.61. The maximum Gasteiger partial charge on any atom is -0.0136 e. The molecule has 0 aromatic carbocycles. The summed E-state index contributed by atoms with van der Waals surface area (Å²) in [6.07, 6.45) is 1.25. The minimum atomic E-state index is 0. The Morgan fingerprint density at radius 2 is 1.75 bits per heavy atom. The average molecular weight is 79.5 g/mol. The van der Waals surface area contributed by atoms with E-state index in [-0.39, 0.29) is 12.4 Å². The van der Waals surface area contributed by atoms with Crippen LogP contribution in [0.4, 0.5) is 0 Å². The minimum Gasteiger partial charge on any atom is -0.405 e. The van der Waals surface area contributed by atoms with Gasteiger partial charge in [-0.25, -0.2) is 0 Å². The van der Waals surface area contributed by atoms with Crippen molar-refractivity contribution in [2.45, 2.75) is 0 Å². The Morgan fingerprint density at radius 1 is 1.75 bits per heavy atom. The number of hydrogen-bond acceptors (Lipinski definition) is 1. The van der Waals surface area contributed by atoms with Crippen molar-refractivity contribution in [1.82, 2.24) is 0 Å². The summed E-state index contributed by atoms with van der Waals surface area (Å²) in [5, 5.41) is 0. The third-order valence-corrected chi connectivity index (χ3v) is 0. The lowest BCUT2D eigenvalue weighted by Crippen LogP contribution is -1.67. The third kappa shape index (κ3) is 43.6. The zero-order valence-electron chi connectivity index (χ0n) is 2.27. The van der Waals surface area contributed by atoms with E-state index >= 15 is 0 Å². The van der Waals surface area contributed by atoms with Crippen molar-refractivity contribution in [3.05, 3.63) is 12.8 Å². The highest BCUT2D eigenvalue weighted by Crippen LogP contribution is 1.13. The van der Waals surface area contributed by atoms with Gasteiger partial charge in [0.2, 0.25) is 0 Å². The fourth-order valence-corrected chi connectivity index (χ4v) is 0. The van der Waals surface area contributed by atoms with Crippen molar-refractivity contribution in [3.63, 3.8) is 0 Å². The summed E-state index contributed by atoms with van der Waals surface area (Å²) in [6, 6.07) is 0. The summed E-state index contributed by atoms with van der Waals surface area (Å²) in [6.45, 7) is 3.14. The molecule has 2 N–H and O–H groups in total. The molecule has 0 bridgehead atoms. The van der Waals surface area contributed by atoms with Crippen LogP contribution in [0.3, 0.4) is 0 Å². The largest absolute Gasteiger partial charge is 0.405 e. The van der Waals surface area contributed by atoms with Crippen molar-refractivity contribution in [2.75, 3.05) is 0 Å². The Hall–Kier alpha value is -0.170. The number of nitrogens with two attached hydrogens (primary N) is 1. The summed E-state index contributed by atoms with van der Waals surface area (Å²) >= 11 is 0. The molecule has 4 heavy (non-hydrogen) atoms. The molecule has 0 saturated carbocycles. The van der Waals surface area contributed by atoms with Gasteiger partial charge in [0.1, 0.15) is 0 Å². The van der Waals surface area contributed by atoms with Gasteiger partial charge >= 0.3 is 0 Å². The van der Waals surface area contributed by atoms with Gasteiger partial charge in [0.05, 0.1) is 0 Å². The van der Waals surface area contributed by atoms with Gasteiger partial charge in [-0.2, -0.15) is 0 Å². The van der Waals surface area contributed by atoms with E-state index in [4.69, 9.17) is 0 Å². The van der Waals surface area contributed by atoms with Gasteiger partial charge in [-0.15, -0.1) is 12.4 Å². The lowest BCUT2D eigenvalue weighted by atomic mass is 11.1. The van der Waals surface area contributed by atoms with Gasteiger partial charge in [0.15, 0.2) is 0 Å². The molecule has 0 rings (SSSR count). The Labute approximate surface area is 31.9 Å². The molecule has 0 aromatic rings. The zero-order valence-corrected chi connectivity index (χ0v) is 3.09. The zero-order chi connectivity index (χ0) is 2.71. The van der Waals surface area contributed by atoms with Crippen LogP contribution in [0.1, 0.15) is 0 Å². The molecule has 0 aromatic heterocycles. The molecule has 0 fully saturated rings. The molecule has 0 aliphatic carbocycles. The molecule has 0 saturated heterocycles. The van der Waals surface area contributed by atoms with Gasteiger partial charge < -0.3 is 5.73 Å². The molecule has 0 unspecified atom stereocenters. The van der Waals surface area contributed by atoms with Crippen LogP contribution in [0, 0.1) is 0 Å². The van der Waals surface area contributed by atoms with E-state index in [2.05, 4.69) is 12.3 Å². The standard InChI is InChI=1S/C2H5N.ClH/c1-2-3;/h2H,1,3H2;1H. The normalized spacial score (nSPS) is 3.00. The highest BCUT2D eigenvalue weighted by atomic mass is 35.5. The fourth-order valence-electron chi connectivity index (χ4n) is 0. The predicted octanol–water partition coefficient (Wildman–Crippen LogP) is 0.510. The van der Waals surface area contributed by atoms with Crippen LogP contribution in [0.2, 0.25) is 0 Å². The van der Waals surface area contributed by atoms with E-state index in [9.17, 15) is 0 Å². The number of hydrogen-bond donors (Lipinski definition) is 1. The van der Waals surface area contributed by atoms with Crippen LogP contribution in [0.5, 0.6) is 0 Å². The Balaban J connectivity index is 0. The first-order valence-electron chi connectivity index (χ1n) is 0.742. The fraction of sp³-hybridized carbons (Fsp3) is 0. The molecule has 0 atom stereocenters. The van der Waals surface area contributed by atoms with E-state index in [1.807, 2.05) is 0 Å². The molecule has 0 aliphatic rings. The Morgan fingerprint density at radius 3 is 1.75 bits per heavy atom. The van der Waals surface area contributed by atoms with Crippen LogP contribution in [-0.4, -0.2) is 0 Å². The quantitative estimate of drug-likeness (QED) is 0.450. The summed E-state index contributed by atoms with van der Waals surface area (Å²) in [7, 11) is 0. The second-order valence-electron chi connectivity index (χ2n) is 0.236. The van der Waals surface area contributed by atoms with E-state index in [1.54, 1.807) is 0 Å². The average Bonchev–Trinajstić information content (AvgIpc) is 0.918. The lowest BCUT2D eigenvalue weighted by Gasteiger charge is -1.40. The van der Waals surface area contributed by atoms with Gasteiger partial charge in [0, 0.05) is 0 Å². The van der Waals surface area contributed by atoms with E-state index < -0.39 is 0 Å². The molecule has 1 nitrogen and oxygen atoms in total. The van der Waals surface area contributed by atoms with Crippen molar-refractivity contribution >= 4 is 12.4 Å². The first-order chi connectivity index (χ1) is 1.41. The Bertz CT molecular complexity index is 13.5. The Kier molecular flexibility index (Phi) is 31.5. The molecule has 0 aliphatic heterocycles. The molecule has 0 amide bonds. The molecule has 26 valence electrons. The topological polar surface area (TPSA) is 26.0 Å². The maximum atomic E-state index is 4.61. The van der Waals surface area contributed by atoms with Gasteiger partial charge in [0.25, 0.3) is 0 Å². The van der Waals surface area contributed by atoms with Crippen LogP contribution >= 0.6 is 12.4 Å². The molecule has 0 radical (unpaired) electrons. The van der Waals surface area contributed by atoms with Crippen LogP contribution in [0.15, 0.2) is 12.8 Å². The molecule has 0 spiro atoms. The summed E-state index contributed by atoms with van der Waals surface area (Å²) < 4.78 is 0. The second kappa shape index (κ2) is 13.8. The van der Waals surface area contributed by atoms with Crippen molar-refractivity contribution < 1.29 is 0 Å². The van der Waals surface area contributed by atoms with Crippen molar-refractivity contribution in [3.8, 4) is 0 Å². The number of rotatable bonds is 0. The van der Waals surface area contributed by atoms with Crippen LogP contribution in [-0.2, 0) is 0 Å². The van der Waals surface area contributed by atoms with E-state index in [0.717, 1.165) is 0 Å². The SMILES string of the molecule is C=CN.Cl. The first-order valence-corrected chi connectivity index (χ1v) is 0.742. The van der Waals surface area contributed by atoms with Crippen molar-refractivity contribution in [2.24, 2.45) is 5.73 Å². The highest BCUT2D eigenvalue weighted by Gasteiger charge is 1.09. The lowest BCUT2D eigenvalue weighted by molar-refractivity contribution is 1.64. The van der Waals surface area contributed by atoms with Gasteiger partial charge in [-0.3, -0.25) is 0 Å². The molecule has 2 heteroatoms. The minimum absolute atomic E-state index is 0. The monoisotopic (exact) mass is 79.0 g/mol. The van der Waals surface area contributed by atoms with Crippen LogP contribution in [0.25, 0.3) is 0 Å². The third-order valence-electron chi connectivity index (χ3n) is 0. The smallest absolute Gasteiger partial charge is 0.0136 e. The molecular weight excluding hydrogens is 73.5 g/mol. The second-order valence-corrected chi connectivity index (χ2v) is 0.236. The van der Waals surface area contributed by atoms with Crippen molar-refractivity contribution in [1.29, 1.82) is 0 Å². The van der Waals surface area contributed by atoms with Crippen LogP contribution < -0.4 is 5.73 Å². The first kappa shape index (κ1) is 9.16. The molecular formula is C2H6ClN. The predicted molar refractivity (Wildman–Crippen MR) is 21.6 cm³/mol. The van der Waals surface area contributed by atoms with E-state index in [1.165, 1.54) is 6.20 Å². The van der Waals surface area contributed by atoms with Gasteiger partial charge in [-0.1, -0.05) is 6.58 Å². The highest BCUT2D eigenvalue weighted by molar-refractivity contribution is 5.85. The summed E-state index contributed by atoms with van der Waals surface area (Å²) in [5.41, 5.74) is 4.61. The summed E-state index contributed by atoms with van der Waals surface area (Å²) in [5.74, 6) is 0. The summed E-state index contributed by atoms with van der Waals surface area (Å²) in [4.78, 5) is 0. The molecule has 0 heterocycles. The van der Waals surface area contributed by atoms with E-state index in [0.29, 0.717) is 0 Å². The van der Waals surface area contributed by atoms with Gasteiger partial charge in [-0.05, 0) is 6.20 Å². The number of halogens is 1.